The van der Waals surface area contributed by atoms with E-state index in [2.05, 4.69) is 12.1 Å². The highest BCUT2D eigenvalue weighted by atomic mass is 16.5. The molecule has 1 atom stereocenters. The molecule has 15 heavy (non-hydrogen) atoms. The molecule has 0 aliphatic heterocycles. The molecule has 0 spiro atoms. The Balaban J connectivity index is 2.03. The highest BCUT2D eigenvalue weighted by Crippen LogP contribution is 2.31. The van der Waals surface area contributed by atoms with Gasteiger partial charge in [-0.15, -0.1) is 0 Å². The molecule has 0 heterocycles. The van der Waals surface area contributed by atoms with Crippen LogP contribution >= 0.6 is 0 Å². The lowest BCUT2D eigenvalue weighted by atomic mass is 10.0. The summed E-state index contributed by atoms with van der Waals surface area (Å²) in [6.07, 6.45) is 4.37. The molecule has 2 rings (SSSR count). The fourth-order valence-corrected chi connectivity index (χ4v) is 2.40. The zero-order valence-electron chi connectivity index (χ0n) is 9.20. The van der Waals surface area contributed by atoms with Crippen molar-refractivity contribution in [1.82, 2.24) is 0 Å². The molecule has 82 valence electrons. The number of fused-ring (bicyclic) bond motifs is 1. The molecule has 1 aromatic carbocycles. The molecule has 0 aromatic heterocycles. The van der Waals surface area contributed by atoms with E-state index < -0.39 is 0 Å². The van der Waals surface area contributed by atoms with Crippen molar-refractivity contribution in [2.75, 3.05) is 13.7 Å². The quantitative estimate of drug-likeness (QED) is 0.818. The minimum Gasteiger partial charge on any atom is -0.497 e. The van der Waals surface area contributed by atoms with Crippen molar-refractivity contribution in [3.63, 3.8) is 0 Å². The maximum Gasteiger partial charge on any atom is 0.119 e. The number of aliphatic hydroxyl groups is 1. The molecule has 1 aromatic rings. The van der Waals surface area contributed by atoms with Crippen molar-refractivity contribution in [2.45, 2.75) is 25.7 Å². The maximum absolute atomic E-state index is 8.81. The Hall–Kier alpha value is -1.02. The second-order valence-corrected chi connectivity index (χ2v) is 4.27. The number of hydrogen-bond donors (Lipinski definition) is 1. The second-order valence-electron chi connectivity index (χ2n) is 4.27. The van der Waals surface area contributed by atoms with Gasteiger partial charge in [0.05, 0.1) is 7.11 Å². The van der Waals surface area contributed by atoms with Crippen LogP contribution in [0.1, 0.15) is 24.0 Å². The van der Waals surface area contributed by atoms with Crippen LogP contribution in [0.2, 0.25) is 0 Å². The van der Waals surface area contributed by atoms with Crippen LogP contribution in [0.3, 0.4) is 0 Å². The summed E-state index contributed by atoms with van der Waals surface area (Å²) in [6, 6.07) is 6.36. The van der Waals surface area contributed by atoms with E-state index in [1.54, 1.807) is 7.11 Å². The molecule has 0 amide bonds. The Kier molecular flexibility index (Phi) is 3.27. The van der Waals surface area contributed by atoms with E-state index in [-0.39, 0.29) is 0 Å². The van der Waals surface area contributed by atoms with Crippen molar-refractivity contribution < 1.29 is 9.84 Å². The summed E-state index contributed by atoms with van der Waals surface area (Å²) in [7, 11) is 1.71. The number of aliphatic hydroxyl groups excluding tert-OH is 1. The Labute approximate surface area is 90.9 Å². The number of rotatable bonds is 4. The van der Waals surface area contributed by atoms with Crippen LogP contribution in [0.25, 0.3) is 0 Å². The van der Waals surface area contributed by atoms with Crippen LogP contribution in [0.4, 0.5) is 0 Å². The number of benzene rings is 1. The summed E-state index contributed by atoms with van der Waals surface area (Å²) in [6.45, 7) is 0.316. The molecule has 1 aliphatic rings. The van der Waals surface area contributed by atoms with E-state index in [0.717, 1.165) is 30.9 Å². The zero-order chi connectivity index (χ0) is 10.7. The van der Waals surface area contributed by atoms with Crippen molar-refractivity contribution in [1.29, 1.82) is 0 Å². The second kappa shape index (κ2) is 4.67. The van der Waals surface area contributed by atoms with Gasteiger partial charge in [-0.1, -0.05) is 6.07 Å². The molecule has 0 saturated heterocycles. The molecule has 0 radical (unpaired) electrons. The van der Waals surface area contributed by atoms with E-state index in [1.165, 1.54) is 17.5 Å². The van der Waals surface area contributed by atoms with Gasteiger partial charge in [-0.05, 0) is 54.9 Å². The normalized spacial score (nSPS) is 18.9. The predicted molar refractivity (Wildman–Crippen MR) is 60.2 cm³/mol. The minimum atomic E-state index is 0.316. The average Bonchev–Trinajstić information content (AvgIpc) is 2.67. The minimum absolute atomic E-state index is 0.316. The lowest BCUT2D eigenvalue weighted by Gasteiger charge is -2.05. The van der Waals surface area contributed by atoms with Gasteiger partial charge in [0.25, 0.3) is 0 Å². The average molecular weight is 206 g/mol. The largest absolute Gasteiger partial charge is 0.497 e. The highest BCUT2D eigenvalue weighted by Gasteiger charge is 2.21. The molecule has 1 N–H and O–H groups in total. The summed E-state index contributed by atoms with van der Waals surface area (Å²) >= 11 is 0. The third-order valence-electron chi connectivity index (χ3n) is 3.20. The fourth-order valence-electron chi connectivity index (χ4n) is 2.40. The third kappa shape index (κ3) is 2.32. The monoisotopic (exact) mass is 206 g/mol. The highest BCUT2D eigenvalue weighted by molar-refractivity contribution is 5.39. The Bertz CT molecular complexity index is 333. The Morgan fingerprint density at radius 2 is 2.13 bits per heavy atom. The predicted octanol–water partition coefficient (Wildman–Crippen LogP) is 2.18. The van der Waals surface area contributed by atoms with Crippen molar-refractivity contribution in [2.24, 2.45) is 5.92 Å². The van der Waals surface area contributed by atoms with E-state index in [4.69, 9.17) is 9.84 Å². The first kappa shape index (κ1) is 10.5. The van der Waals surface area contributed by atoms with Crippen LogP contribution < -0.4 is 4.74 Å². The van der Waals surface area contributed by atoms with E-state index in [9.17, 15) is 0 Å². The summed E-state index contributed by atoms with van der Waals surface area (Å²) in [5, 5.41) is 8.81. The van der Waals surface area contributed by atoms with Gasteiger partial charge < -0.3 is 9.84 Å². The van der Waals surface area contributed by atoms with Gasteiger partial charge >= 0.3 is 0 Å². The van der Waals surface area contributed by atoms with Crippen LogP contribution in [-0.4, -0.2) is 18.8 Å². The van der Waals surface area contributed by atoms with Gasteiger partial charge in [0.15, 0.2) is 0 Å². The molecular formula is C13H18O2. The number of hydrogen-bond acceptors (Lipinski definition) is 2. The molecule has 0 fully saturated rings. The Morgan fingerprint density at radius 3 is 2.87 bits per heavy atom. The zero-order valence-corrected chi connectivity index (χ0v) is 9.20. The standard InChI is InChI=1S/C13H18O2/c1-15-13-5-4-11-7-10(3-2-6-14)8-12(11)9-13/h4-5,9-10,14H,2-3,6-8H2,1H3. The van der Waals surface area contributed by atoms with Gasteiger partial charge in [-0.2, -0.15) is 0 Å². The molecule has 1 aliphatic carbocycles. The summed E-state index contributed by atoms with van der Waals surface area (Å²) < 4.78 is 5.22. The van der Waals surface area contributed by atoms with Crippen molar-refractivity contribution in [3.8, 4) is 5.75 Å². The third-order valence-corrected chi connectivity index (χ3v) is 3.20. The smallest absolute Gasteiger partial charge is 0.119 e. The lowest BCUT2D eigenvalue weighted by Crippen LogP contribution is -2.00. The topological polar surface area (TPSA) is 29.5 Å². The van der Waals surface area contributed by atoms with Gasteiger partial charge in [0.2, 0.25) is 0 Å². The van der Waals surface area contributed by atoms with Crippen LogP contribution in [0, 0.1) is 5.92 Å². The van der Waals surface area contributed by atoms with Gasteiger partial charge in [-0.25, -0.2) is 0 Å². The summed E-state index contributed by atoms with van der Waals surface area (Å²) in [4.78, 5) is 0. The SMILES string of the molecule is COc1ccc2c(c1)CC(CCCO)C2. The fraction of sp³-hybridized carbons (Fsp3) is 0.538. The van der Waals surface area contributed by atoms with Gasteiger partial charge in [-0.3, -0.25) is 0 Å². The summed E-state index contributed by atoms with van der Waals surface area (Å²) in [5.74, 6) is 1.68. The molecule has 2 heteroatoms. The maximum atomic E-state index is 8.81. The van der Waals surface area contributed by atoms with E-state index >= 15 is 0 Å². The van der Waals surface area contributed by atoms with Crippen molar-refractivity contribution >= 4 is 0 Å². The first-order valence-electron chi connectivity index (χ1n) is 5.60. The van der Waals surface area contributed by atoms with Crippen LogP contribution in [-0.2, 0) is 12.8 Å². The van der Waals surface area contributed by atoms with Crippen LogP contribution in [0.15, 0.2) is 18.2 Å². The van der Waals surface area contributed by atoms with Crippen LogP contribution in [0.5, 0.6) is 5.75 Å². The van der Waals surface area contributed by atoms with E-state index in [0.29, 0.717) is 6.61 Å². The molecule has 0 saturated carbocycles. The van der Waals surface area contributed by atoms with Gasteiger partial charge in [0, 0.05) is 6.61 Å². The van der Waals surface area contributed by atoms with E-state index in [1.807, 2.05) is 6.07 Å². The first-order valence-corrected chi connectivity index (χ1v) is 5.60. The van der Waals surface area contributed by atoms with Crippen molar-refractivity contribution in [3.05, 3.63) is 29.3 Å². The molecule has 2 nitrogen and oxygen atoms in total. The lowest BCUT2D eigenvalue weighted by molar-refractivity contribution is 0.272. The number of methoxy groups -OCH3 is 1. The molecule has 1 unspecified atom stereocenters. The number of ether oxygens (including phenoxy) is 1. The van der Waals surface area contributed by atoms with Gasteiger partial charge in [0.1, 0.15) is 5.75 Å². The molecule has 0 bridgehead atoms. The summed E-state index contributed by atoms with van der Waals surface area (Å²) in [5.41, 5.74) is 2.89. The molecular weight excluding hydrogens is 188 g/mol. The first-order chi connectivity index (χ1) is 7.33. The Morgan fingerprint density at radius 1 is 1.33 bits per heavy atom.